The highest BCUT2D eigenvalue weighted by Crippen LogP contribution is 2.59. The van der Waals surface area contributed by atoms with Crippen LogP contribution in [0.3, 0.4) is 0 Å². The molecule has 2 atom stereocenters. The fourth-order valence-corrected chi connectivity index (χ4v) is 5.79. The van der Waals surface area contributed by atoms with E-state index in [0.717, 1.165) is 29.5 Å². The molecule has 2 unspecified atom stereocenters. The second kappa shape index (κ2) is 7.65. The quantitative estimate of drug-likeness (QED) is 0.509. The molecule has 3 rings (SSSR count). The molecule has 5 heteroatoms. The van der Waals surface area contributed by atoms with Crippen LogP contribution in [-0.2, 0) is 27.3 Å². The molecule has 1 aliphatic heterocycles. The van der Waals surface area contributed by atoms with Crippen LogP contribution in [0.1, 0.15) is 84.9 Å². The summed E-state index contributed by atoms with van der Waals surface area (Å²) in [5.41, 5.74) is 4.07. The topological polar surface area (TPSA) is 55.8 Å². The molecule has 2 aliphatic rings. The third-order valence-electron chi connectivity index (χ3n) is 6.15. The summed E-state index contributed by atoms with van der Waals surface area (Å²) in [5.74, 6) is 0.515. The Morgan fingerprint density at radius 3 is 2.27 bits per heavy atom. The zero-order valence-corrected chi connectivity index (χ0v) is 20.7. The zero-order chi connectivity index (χ0) is 22.5. The average Bonchev–Trinajstić information content (AvgIpc) is 2.71. The van der Waals surface area contributed by atoms with E-state index >= 15 is 0 Å². The first-order valence-corrected chi connectivity index (χ1v) is 12.5. The predicted molar refractivity (Wildman–Crippen MR) is 123 cm³/mol. The molecular formula is C25H37O4P. The van der Waals surface area contributed by atoms with Crippen molar-refractivity contribution in [2.24, 2.45) is 5.41 Å². The lowest BCUT2D eigenvalue weighted by atomic mass is 9.68. The van der Waals surface area contributed by atoms with Gasteiger partial charge in [-0.2, -0.15) is 0 Å². The summed E-state index contributed by atoms with van der Waals surface area (Å²) >= 11 is 0. The number of benzene rings is 1. The molecule has 1 aromatic rings. The summed E-state index contributed by atoms with van der Waals surface area (Å²) in [6.45, 7) is 17.0. The van der Waals surface area contributed by atoms with E-state index in [9.17, 15) is 9.46 Å². The lowest BCUT2D eigenvalue weighted by Gasteiger charge is -2.42. The summed E-state index contributed by atoms with van der Waals surface area (Å²) in [4.78, 5) is 10.8. The molecule has 1 aliphatic carbocycles. The molecule has 1 spiro atoms. The van der Waals surface area contributed by atoms with Gasteiger partial charge in [-0.3, -0.25) is 9.42 Å². The number of allylic oxidation sites excluding steroid dienone is 2. The molecule has 1 N–H and O–H groups in total. The number of hydrogen-bond donors (Lipinski definition) is 1. The van der Waals surface area contributed by atoms with Gasteiger partial charge in [0.05, 0.1) is 0 Å². The van der Waals surface area contributed by atoms with Crippen LogP contribution in [0.5, 0.6) is 5.75 Å². The van der Waals surface area contributed by atoms with Crippen molar-refractivity contribution in [3.05, 3.63) is 52.1 Å². The van der Waals surface area contributed by atoms with Gasteiger partial charge in [0.1, 0.15) is 11.4 Å². The van der Waals surface area contributed by atoms with Crippen molar-refractivity contribution in [2.45, 2.75) is 92.1 Å². The molecule has 166 valence electrons. The third kappa shape index (κ3) is 4.47. The molecule has 1 heterocycles. The monoisotopic (exact) mass is 432 g/mol. The standard InChI is InChI=1S/C25H37O4P/c1-9-17-11-12-25(21(15-17)24(6,7)8)16-19-13-18(10-2)14-20(23(3,4)5)22(19)28-30(26,27)29-25/h11,13-15H,9-10,12,16H2,1-8H3,(H,26,27). The maximum absolute atomic E-state index is 13.2. The molecule has 0 aromatic heterocycles. The molecule has 30 heavy (non-hydrogen) atoms. The number of aryl methyl sites for hydroxylation is 1. The van der Waals surface area contributed by atoms with Gasteiger partial charge in [0.2, 0.25) is 0 Å². The maximum Gasteiger partial charge on any atom is 0.528 e. The van der Waals surface area contributed by atoms with Gasteiger partial charge in [0.15, 0.2) is 0 Å². The molecule has 0 saturated heterocycles. The van der Waals surface area contributed by atoms with Crippen molar-refractivity contribution < 1.29 is 18.5 Å². The van der Waals surface area contributed by atoms with E-state index in [1.807, 2.05) is 0 Å². The predicted octanol–water partition coefficient (Wildman–Crippen LogP) is 7.05. The highest BCUT2D eigenvalue weighted by atomic mass is 31.2. The third-order valence-corrected chi connectivity index (χ3v) is 7.14. The van der Waals surface area contributed by atoms with Crippen LogP contribution >= 0.6 is 7.82 Å². The second-order valence-electron chi connectivity index (χ2n) is 10.7. The van der Waals surface area contributed by atoms with E-state index in [-0.39, 0.29) is 10.8 Å². The van der Waals surface area contributed by atoms with Gasteiger partial charge in [0.25, 0.3) is 0 Å². The first-order chi connectivity index (χ1) is 13.7. The van der Waals surface area contributed by atoms with E-state index < -0.39 is 13.4 Å². The van der Waals surface area contributed by atoms with Crippen LogP contribution in [0.15, 0.2) is 35.4 Å². The van der Waals surface area contributed by atoms with Crippen LogP contribution in [0, 0.1) is 5.41 Å². The van der Waals surface area contributed by atoms with Crippen LogP contribution in [0.4, 0.5) is 0 Å². The summed E-state index contributed by atoms with van der Waals surface area (Å²) in [5, 5.41) is 0. The van der Waals surface area contributed by atoms with E-state index in [2.05, 4.69) is 79.7 Å². The molecule has 1 aromatic carbocycles. The fraction of sp³-hybridized carbons (Fsp3) is 0.600. The summed E-state index contributed by atoms with van der Waals surface area (Å²) in [7, 11) is -4.32. The van der Waals surface area contributed by atoms with Gasteiger partial charge in [-0.25, -0.2) is 4.57 Å². The Morgan fingerprint density at radius 1 is 1.07 bits per heavy atom. The van der Waals surface area contributed by atoms with Crippen molar-refractivity contribution in [3.63, 3.8) is 0 Å². The first kappa shape index (κ1) is 23.3. The van der Waals surface area contributed by atoms with Crippen molar-refractivity contribution >= 4 is 7.82 Å². The molecule has 0 radical (unpaired) electrons. The number of rotatable bonds is 2. The first-order valence-electron chi connectivity index (χ1n) is 11.0. The molecule has 4 nitrogen and oxygen atoms in total. The lowest BCUT2D eigenvalue weighted by Crippen LogP contribution is -2.42. The molecule has 0 amide bonds. The Hall–Kier alpha value is -1.35. The van der Waals surface area contributed by atoms with Crippen molar-refractivity contribution in [2.75, 3.05) is 0 Å². The highest BCUT2D eigenvalue weighted by Gasteiger charge is 2.50. The molecule has 0 fully saturated rings. The highest BCUT2D eigenvalue weighted by molar-refractivity contribution is 7.47. The van der Waals surface area contributed by atoms with Crippen molar-refractivity contribution in [1.29, 1.82) is 0 Å². The Kier molecular flexibility index (Phi) is 5.95. The Bertz CT molecular complexity index is 943. The van der Waals surface area contributed by atoms with E-state index in [1.165, 1.54) is 11.1 Å². The minimum atomic E-state index is -4.32. The molecule has 0 bridgehead atoms. The van der Waals surface area contributed by atoms with Gasteiger partial charge in [0, 0.05) is 12.0 Å². The Morgan fingerprint density at radius 2 is 1.73 bits per heavy atom. The van der Waals surface area contributed by atoms with Crippen molar-refractivity contribution in [1.82, 2.24) is 0 Å². The lowest BCUT2D eigenvalue weighted by molar-refractivity contribution is 0.0598. The smallest absolute Gasteiger partial charge is 0.403 e. The maximum atomic E-state index is 13.2. The molecular weight excluding hydrogens is 395 g/mol. The number of fused-ring (bicyclic) bond motifs is 1. The summed E-state index contributed by atoms with van der Waals surface area (Å²) < 4.78 is 25.1. The number of phosphoric acid groups is 1. The minimum Gasteiger partial charge on any atom is -0.403 e. The Labute approximate surface area is 182 Å². The van der Waals surface area contributed by atoms with E-state index in [1.54, 1.807) is 0 Å². The van der Waals surface area contributed by atoms with Gasteiger partial charge in [-0.1, -0.05) is 85.2 Å². The number of hydrogen-bond acceptors (Lipinski definition) is 3. The largest absolute Gasteiger partial charge is 0.528 e. The van der Waals surface area contributed by atoms with Crippen LogP contribution in [-0.4, -0.2) is 10.5 Å². The van der Waals surface area contributed by atoms with Crippen LogP contribution in [0.25, 0.3) is 0 Å². The van der Waals surface area contributed by atoms with E-state index in [4.69, 9.17) is 9.05 Å². The van der Waals surface area contributed by atoms with Crippen LogP contribution < -0.4 is 4.52 Å². The van der Waals surface area contributed by atoms with Gasteiger partial charge >= 0.3 is 7.82 Å². The number of phosphoric ester groups is 1. The SMILES string of the molecule is CCC1=CCC2(Cc3cc(CC)cc(C(C)(C)C)c3OP(=O)(O)O2)C(C(C)(C)C)=C1. The fourth-order valence-electron chi connectivity index (χ4n) is 4.63. The van der Waals surface area contributed by atoms with Gasteiger partial charge < -0.3 is 4.52 Å². The Balaban J connectivity index is 2.27. The summed E-state index contributed by atoms with van der Waals surface area (Å²) in [6.07, 6.45) is 7.21. The van der Waals surface area contributed by atoms with Gasteiger partial charge in [-0.15, -0.1) is 0 Å². The van der Waals surface area contributed by atoms with Crippen molar-refractivity contribution in [3.8, 4) is 5.75 Å². The van der Waals surface area contributed by atoms with Gasteiger partial charge in [-0.05, 0) is 46.8 Å². The second-order valence-corrected chi connectivity index (χ2v) is 12.0. The van der Waals surface area contributed by atoms with E-state index in [0.29, 0.717) is 18.6 Å². The normalized spacial score (nSPS) is 27.1. The minimum absolute atomic E-state index is 0.214. The average molecular weight is 433 g/mol. The summed E-state index contributed by atoms with van der Waals surface area (Å²) in [6, 6.07) is 4.23. The van der Waals surface area contributed by atoms with Crippen LogP contribution in [0.2, 0.25) is 0 Å². The zero-order valence-electron chi connectivity index (χ0n) is 19.8. The molecule has 0 saturated carbocycles.